The van der Waals surface area contributed by atoms with Crippen LogP contribution in [0.25, 0.3) is 5.69 Å². The summed E-state index contributed by atoms with van der Waals surface area (Å²) in [4.78, 5) is 3.59. The van der Waals surface area contributed by atoms with E-state index < -0.39 is 17.3 Å². The lowest BCUT2D eigenvalue weighted by Gasteiger charge is -2.10. The number of nitrogens with zero attached hydrogens (tertiary/aromatic N) is 5. The maximum absolute atomic E-state index is 12.8. The number of hydrogen-bond acceptors (Lipinski definition) is 4. The van der Waals surface area contributed by atoms with Crippen LogP contribution in [-0.2, 0) is 6.18 Å². The van der Waals surface area contributed by atoms with E-state index >= 15 is 0 Å². The summed E-state index contributed by atoms with van der Waals surface area (Å²) in [5.41, 5.74) is -1.46. The Balaban J connectivity index is 2.56. The van der Waals surface area contributed by atoms with Gasteiger partial charge in [-0.05, 0) is 18.2 Å². The first kappa shape index (κ1) is 12.6. The number of nitriles is 2. The first-order valence-electron chi connectivity index (χ1n) is 4.89. The molecule has 0 amide bonds. The van der Waals surface area contributed by atoms with Gasteiger partial charge in [0.2, 0.25) is 0 Å². The Bertz CT molecular complexity index is 702. The summed E-state index contributed by atoms with van der Waals surface area (Å²) >= 11 is 0. The molecule has 2 rings (SSSR count). The molecular formula is C11H4F3N5. The van der Waals surface area contributed by atoms with Crippen LogP contribution in [0.4, 0.5) is 13.2 Å². The summed E-state index contributed by atoms with van der Waals surface area (Å²) in [5, 5.41) is 20.9. The van der Waals surface area contributed by atoms with E-state index in [9.17, 15) is 13.2 Å². The molecule has 0 N–H and O–H groups in total. The third kappa shape index (κ3) is 2.38. The van der Waals surface area contributed by atoms with Crippen molar-refractivity contribution in [2.45, 2.75) is 6.18 Å². The Labute approximate surface area is 105 Å². The van der Waals surface area contributed by atoms with Gasteiger partial charge in [-0.1, -0.05) is 0 Å². The Kier molecular flexibility index (Phi) is 2.93. The van der Waals surface area contributed by atoms with Gasteiger partial charge >= 0.3 is 6.18 Å². The Morgan fingerprint density at radius 3 is 2.42 bits per heavy atom. The fraction of sp³-hybridized carbons (Fsp3) is 0.0909. The molecule has 0 fully saturated rings. The van der Waals surface area contributed by atoms with Gasteiger partial charge in [-0.3, -0.25) is 0 Å². The van der Waals surface area contributed by atoms with Gasteiger partial charge in [-0.2, -0.15) is 23.7 Å². The topological polar surface area (TPSA) is 78.3 Å². The van der Waals surface area contributed by atoms with Crippen molar-refractivity contribution in [3.8, 4) is 17.8 Å². The average Bonchev–Trinajstić information content (AvgIpc) is 2.85. The third-order valence-corrected chi connectivity index (χ3v) is 2.29. The Morgan fingerprint density at radius 2 is 1.89 bits per heavy atom. The number of halogens is 3. The summed E-state index contributed by atoms with van der Waals surface area (Å²) < 4.78 is 39.3. The number of rotatable bonds is 1. The molecule has 0 radical (unpaired) electrons. The fourth-order valence-corrected chi connectivity index (χ4v) is 1.45. The van der Waals surface area contributed by atoms with E-state index in [0.717, 1.165) is 23.1 Å². The Hall–Kier alpha value is -2.87. The molecular weight excluding hydrogens is 259 g/mol. The van der Waals surface area contributed by atoms with Crippen molar-refractivity contribution in [1.82, 2.24) is 14.8 Å². The van der Waals surface area contributed by atoms with Gasteiger partial charge in [-0.25, -0.2) is 9.67 Å². The van der Waals surface area contributed by atoms with E-state index in [1.807, 2.05) is 0 Å². The number of aromatic nitrogens is 3. The quantitative estimate of drug-likeness (QED) is 0.788. The van der Waals surface area contributed by atoms with Gasteiger partial charge in [0.05, 0.1) is 22.9 Å². The molecule has 0 spiro atoms. The molecule has 2 aromatic rings. The minimum absolute atomic E-state index is 0.0697. The standard InChI is InChI=1S/C11H4F3N5/c12-11(13,14)9-3-8(2-1-7(9)4-15)19-6-17-10(5-16)18-19/h1-3,6H. The van der Waals surface area contributed by atoms with Crippen LogP contribution < -0.4 is 0 Å². The molecule has 8 heteroatoms. The highest BCUT2D eigenvalue weighted by molar-refractivity contribution is 5.47. The van der Waals surface area contributed by atoms with Gasteiger partial charge in [0.1, 0.15) is 12.4 Å². The molecule has 0 bridgehead atoms. The molecule has 1 heterocycles. The van der Waals surface area contributed by atoms with E-state index in [4.69, 9.17) is 10.5 Å². The van der Waals surface area contributed by atoms with Crippen LogP contribution in [0.2, 0.25) is 0 Å². The fourth-order valence-electron chi connectivity index (χ4n) is 1.45. The lowest BCUT2D eigenvalue weighted by Crippen LogP contribution is -2.09. The maximum atomic E-state index is 12.8. The molecule has 1 aromatic heterocycles. The highest BCUT2D eigenvalue weighted by atomic mass is 19.4. The van der Waals surface area contributed by atoms with Crippen molar-refractivity contribution in [2.24, 2.45) is 0 Å². The van der Waals surface area contributed by atoms with Crippen LogP contribution in [-0.4, -0.2) is 14.8 Å². The first-order chi connectivity index (χ1) is 8.95. The highest BCUT2D eigenvalue weighted by Crippen LogP contribution is 2.32. The molecule has 1 aromatic carbocycles. The minimum atomic E-state index is -4.64. The van der Waals surface area contributed by atoms with E-state index in [1.54, 1.807) is 6.07 Å². The van der Waals surface area contributed by atoms with Crippen LogP contribution in [0.15, 0.2) is 24.5 Å². The van der Waals surface area contributed by atoms with Crippen molar-refractivity contribution in [3.63, 3.8) is 0 Å². The van der Waals surface area contributed by atoms with Crippen LogP contribution >= 0.6 is 0 Å². The monoisotopic (exact) mass is 263 g/mol. The Morgan fingerprint density at radius 1 is 1.16 bits per heavy atom. The largest absolute Gasteiger partial charge is 0.417 e. The van der Waals surface area contributed by atoms with E-state index in [0.29, 0.717) is 0 Å². The van der Waals surface area contributed by atoms with Gasteiger partial charge in [0.25, 0.3) is 5.82 Å². The normalized spacial score (nSPS) is 10.8. The second-order valence-corrected chi connectivity index (χ2v) is 3.46. The van der Waals surface area contributed by atoms with E-state index in [-0.39, 0.29) is 11.5 Å². The lowest BCUT2D eigenvalue weighted by atomic mass is 10.1. The summed E-state index contributed by atoms with van der Waals surface area (Å²) in [6, 6.07) is 6.28. The smallest absolute Gasteiger partial charge is 0.220 e. The van der Waals surface area contributed by atoms with E-state index in [1.165, 1.54) is 12.1 Å². The molecule has 0 atom stereocenters. The molecule has 0 unspecified atom stereocenters. The predicted molar refractivity (Wildman–Crippen MR) is 55.8 cm³/mol. The molecule has 0 aliphatic heterocycles. The van der Waals surface area contributed by atoms with Crippen molar-refractivity contribution < 1.29 is 13.2 Å². The average molecular weight is 263 g/mol. The summed E-state index contributed by atoms with van der Waals surface area (Å²) in [6.45, 7) is 0. The predicted octanol–water partition coefficient (Wildman–Crippen LogP) is 2.03. The zero-order valence-electron chi connectivity index (χ0n) is 9.18. The van der Waals surface area contributed by atoms with Crippen molar-refractivity contribution >= 4 is 0 Å². The summed E-state index contributed by atoms with van der Waals surface area (Å²) in [6.07, 6.45) is -3.51. The SMILES string of the molecule is N#Cc1ncn(-c2ccc(C#N)c(C(F)(F)F)c2)n1. The summed E-state index contributed by atoms with van der Waals surface area (Å²) in [7, 11) is 0. The van der Waals surface area contributed by atoms with Gasteiger partial charge in [0.15, 0.2) is 0 Å². The maximum Gasteiger partial charge on any atom is 0.417 e. The van der Waals surface area contributed by atoms with E-state index in [2.05, 4.69) is 10.1 Å². The summed E-state index contributed by atoms with van der Waals surface area (Å²) in [5.74, 6) is -0.155. The van der Waals surface area contributed by atoms with Gasteiger partial charge in [-0.15, -0.1) is 5.10 Å². The molecule has 0 aliphatic carbocycles. The zero-order chi connectivity index (χ0) is 14.0. The number of benzene rings is 1. The lowest BCUT2D eigenvalue weighted by molar-refractivity contribution is -0.137. The first-order valence-corrected chi connectivity index (χ1v) is 4.89. The minimum Gasteiger partial charge on any atom is -0.220 e. The molecule has 0 saturated carbocycles. The third-order valence-electron chi connectivity index (χ3n) is 2.29. The van der Waals surface area contributed by atoms with Crippen molar-refractivity contribution in [2.75, 3.05) is 0 Å². The highest BCUT2D eigenvalue weighted by Gasteiger charge is 2.34. The molecule has 0 aliphatic rings. The van der Waals surface area contributed by atoms with Crippen LogP contribution in [0, 0.1) is 22.7 Å². The second kappa shape index (κ2) is 4.42. The van der Waals surface area contributed by atoms with Crippen LogP contribution in [0.5, 0.6) is 0 Å². The molecule has 94 valence electrons. The molecule has 0 saturated heterocycles. The second-order valence-electron chi connectivity index (χ2n) is 3.46. The van der Waals surface area contributed by atoms with Gasteiger partial charge in [0, 0.05) is 0 Å². The van der Waals surface area contributed by atoms with Crippen molar-refractivity contribution in [3.05, 3.63) is 41.5 Å². The van der Waals surface area contributed by atoms with Crippen LogP contribution in [0.1, 0.15) is 17.0 Å². The van der Waals surface area contributed by atoms with Gasteiger partial charge < -0.3 is 0 Å². The number of hydrogen-bond donors (Lipinski definition) is 0. The molecule has 19 heavy (non-hydrogen) atoms. The van der Waals surface area contributed by atoms with Crippen molar-refractivity contribution in [1.29, 1.82) is 10.5 Å². The molecule has 5 nitrogen and oxygen atoms in total. The zero-order valence-corrected chi connectivity index (χ0v) is 9.18. The number of alkyl halides is 3. The van der Waals surface area contributed by atoms with Crippen LogP contribution in [0.3, 0.4) is 0 Å².